The first kappa shape index (κ1) is 13.1. The van der Waals surface area contributed by atoms with Gasteiger partial charge in [-0.05, 0) is 29.5 Å². The second-order valence-electron chi connectivity index (χ2n) is 4.45. The fourth-order valence-electron chi connectivity index (χ4n) is 2.07. The zero-order chi connectivity index (χ0) is 13.3. The van der Waals surface area contributed by atoms with Crippen molar-refractivity contribution < 1.29 is 0 Å². The van der Waals surface area contributed by atoms with E-state index >= 15 is 0 Å². The Morgan fingerprint density at radius 3 is 2.21 bits per heavy atom. The molecule has 0 saturated heterocycles. The van der Waals surface area contributed by atoms with E-state index in [1.807, 2.05) is 12.1 Å². The molecule has 1 nitrogen and oxygen atoms in total. The Labute approximate surface area is 114 Å². The van der Waals surface area contributed by atoms with Gasteiger partial charge in [0.2, 0.25) is 0 Å². The summed E-state index contributed by atoms with van der Waals surface area (Å²) in [4.78, 5) is 0. The highest BCUT2D eigenvalue weighted by atomic mass is 14.2. The molecule has 0 aliphatic heterocycles. The van der Waals surface area contributed by atoms with Gasteiger partial charge in [-0.1, -0.05) is 66.7 Å². The summed E-state index contributed by atoms with van der Waals surface area (Å²) in [7, 11) is 0. The second kappa shape index (κ2) is 7.18. The minimum Gasteiger partial charge on any atom is -0.198 e. The predicted octanol–water partition coefficient (Wildman–Crippen LogP) is 4.62. The molecule has 0 atom stereocenters. The Morgan fingerprint density at radius 1 is 0.947 bits per heavy atom. The summed E-state index contributed by atoms with van der Waals surface area (Å²) in [5.74, 6) is 0. The van der Waals surface area contributed by atoms with E-state index in [0.717, 1.165) is 12.8 Å². The normalized spacial score (nSPS) is 11.0. The van der Waals surface area contributed by atoms with Crippen LogP contribution in [-0.4, -0.2) is 0 Å². The van der Waals surface area contributed by atoms with E-state index < -0.39 is 0 Å². The first-order valence-corrected chi connectivity index (χ1v) is 6.55. The molecule has 19 heavy (non-hydrogen) atoms. The number of unbranched alkanes of at least 4 members (excludes halogenated alkanes) is 1. The Bertz CT molecular complexity index is 562. The summed E-state index contributed by atoms with van der Waals surface area (Å²) in [5, 5.41) is 8.66. The molecule has 2 rings (SSSR count). The zero-order valence-corrected chi connectivity index (χ0v) is 10.9. The minimum absolute atomic E-state index is 0.575. The van der Waals surface area contributed by atoms with Crippen LogP contribution in [0.15, 0.2) is 66.7 Å². The van der Waals surface area contributed by atoms with Gasteiger partial charge < -0.3 is 0 Å². The number of allylic oxidation sites excluding steroid dienone is 2. The van der Waals surface area contributed by atoms with E-state index in [1.165, 1.54) is 16.7 Å². The van der Waals surface area contributed by atoms with Crippen LogP contribution in [0, 0.1) is 11.3 Å². The van der Waals surface area contributed by atoms with Gasteiger partial charge in [-0.3, -0.25) is 0 Å². The summed E-state index contributed by atoms with van der Waals surface area (Å²) >= 11 is 0. The van der Waals surface area contributed by atoms with E-state index in [2.05, 4.69) is 60.7 Å². The van der Waals surface area contributed by atoms with Gasteiger partial charge in [0.25, 0.3) is 0 Å². The molecular formula is C18H17N. The number of hydrogen-bond donors (Lipinski definition) is 0. The zero-order valence-electron chi connectivity index (χ0n) is 10.9. The number of nitriles is 1. The van der Waals surface area contributed by atoms with Gasteiger partial charge >= 0.3 is 0 Å². The van der Waals surface area contributed by atoms with E-state index in [1.54, 1.807) is 0 Å². The van der Waals surface area contributed by atoms with Crippen LogP contribution >= 0.6 is 0 Å². The molecule has 0 heterocycles. The fraction of sp³-hybridized carbons (Fsp3) is 0.167. The van der Waals surface area contributed by atoms with Crippen LogP contribution in [0.2, 0.25) is 0 Å². The molecule has 0 fully saturated rings. The van der Waals surface area contributed by atoms with Crippen LogP contribution in [0.25, 0.3) is 5.57 Å². The van der Waals surface area contributed by atoms with Crippen LogP contribution < -0.4 is 0 Å². The molecule has 0 aromatic heterocycles. The highest BCUT2D eigenvalue weighted by Gasteiger charge is 2.02. The maximum atomic E-state index is 8.66. The molecule has 0 spiro atoms. The van der Waals surface area contributed by atoms with Crippen LogP contribution in [-0.2, 0) is 6.42 Å². The third-order valence-electron chi connectivity index (χ3n) is 3.03. The Kier molecular flexibility index (Phi) is 4.96. The van der Waals surface area contributed by atoms with Crippen molar-refractivity contribution in [3.05, 3.63) is 77.9 Å². The van der Waals surface area contributed by atoms with Crippen LogP contribution in [0.5, 0.6) is 0 Å². The molecule has 0 aliphatic rings. The van der Waals surface area contributed by atoms with E-state index in [4.69, 9.17) is 5.26 Å². The van der Waals surface area contributed by atoms with Crippen LogP contribution in [0.4, 0.5) is 0 Å². The number of nitrogens with zero attached hydrogens (tertiary/aromatic N) is 1. The lowest BCUT2D eigenvalue weighted by Crippen LogP contribution is -1.91. The lowest BCUT2D eigenvalue weighted by molar-refractivity contribution is 1.05. The summed E-state index contributed by atoms with van der Waals surface area (Å²) in [5.41, 5.74) is 3.83. The largest absolute Gasteiger partial charge is 0.198 e. The number of hydrogen-bond acceptors (Lipinski definition) is 1. The third kappa shape index (κ3) is 4.12. The van der Waals surface area contributed by atoms with Gasteiger partial charge in [0.1, 0.15) is 0 Å². The standard InChI is InChI=1S/C18H17N/c19-14-8-7-13-18(17-11-5-2-6-12-17)15-16-9-3-1-4-10-16/h1-6,9-13H,7-8,15H2. The molecule has 0 saturated carbocycles. The molecule has 0 radical (unpaired) electrons. The van der Waals surface area contributed by atoms with Gasteiger partial charge in [-0.25, -0.2) is 0 Å². The predicted molar refractivity (Wildman–Crippen MR) is 79.4 cm³/mol. The Balaban J connectivity index is 2.20. The van der Waals surface area contributed by atoms with Crippen molar-refractivity contribution in [2.24, 2.45) is 0 Å². The average molecular weight is 247 g/mol. The summed E-state index contributed by atoms with van der Waals surface area (Å²) in [6.45, 7) is 0. The number of benzene rings is 2. The molecule has 2 aromatic carbocycles. The fourth-order valence-corrected chi connectivity index (χ4v) is 2.07. The lowest BCUT2D eigenvalue weighted by Gasteiger charge is -2.08. The molecule has 0 amide bonds. The quantitative estimate of drug-likeness (QED) is 0.707. The van der Waals surface area contributed by atoms with E-state index in [-0.39, 0.29) is 0 Å². The molecule has 2 aromatic rings. The van der Waals surface area contributed by atoms with Gasteiger partial charge in [-0.15, -0.1) is 0 Å². The first-order valence-electron chi connectivity index (χ1n) is 6.55. The molecule has 94 valence electrons. The molecule has 0 bridgehead atoms. The Morgan fingerprint density at radius 2 is 1.58 bits per heavy atom. The highest BCUT2D eigenvalue weighted by Crippen LogP contribution is 2.20. The summed E-state index contributed by atoms with van der Waals surface area (Å²) in [6.07, 6.45) is 4.49. The topological polar surface area (TPSA) is 23.8 Å². The van der Waals surface area contributed by atoms with Gasteiger partial charge in [-0.2, -0.15) is 5.26 Å². The first-order chi connectivity index (χ1) is 9.40. The molecular weight excluding hydrogens is 230 g/mol. The molecule has 1 heteroatoms. The minimum atomic E-state index is 0.575. The molecule has 0 aliphatic carbocycles. The third-order valence-corrected chi connectivity index (χ3v) is 3.03. The maximum Gasteiger partial charge on any atom is 0.0625 e. The number of rotatable bonds is 5. The van der Waals surface area contributed by atoms with Crippen molar-refractivity contribution in [3.63, 3.8) is 0 Å². The van der Waals surface area contributed by atoms with E-state index in [0.29, 0.717) is 6.42 Å². The van der Waals surface area contributed by atoms with Crippen molar-refractivity contribution in [1.82, 2.24) is 0 Å². The Hall–Kier alpha value is -2.33. The van der Waals surface area contributed by atoms with E-state index in [9.17, 15) is 0 Å². The van der Waals surface area contributed by atoms with Crippen molar-refractivity contribution in [1.29, 1.82) is 5.26 Å². The SMILES string of the molecule is N#CCCC=C(Cc1ccccc1)c1ccccc1. The van der Waals surface area contributed by atoms with Gasteiger partial charge in [0, 0.05) is 6.42 Å². The van der Waals surface area contributed by atoms with Crippen LogP contribution in [0.3, 0.4) is 0 Å². The lowest BCUT2D eigenvalue weighted by atomic mass is 9.97. The second-order valence-corrected chi connectivity index (χ2v) is 4.45. The van der Waals surface area contributed by atoms with Gasteiger partial charge in [0.05, 0.1) is 6.07 Å². The van der Waals surface area contributed by atoms with Crippen molar-refractivity contribution in [2.45, 2.75) is 19.3 Å². The van der Waals surface area contributed by atoms with Gasteiger partial charge in [0.15, 0.2) is 0 Å². The smallest absolute Gasteiger partial charge is 0.0625 e. The molecule has 0 unspecified atom stereocenters. The van der Waals surface area contributed by atoms with Crippen molar-refractivity contribution >= 4 is 5.57 Å². The summed E-state index contributed by atoms with van der Waals surface area (Å²) < 4.78 is 0. The van der Waals surface area contributed by atoms with Crippen molar-refractivity contribution in [3.8, 4) is 6.07 Å². The maximum absolute atomic E-state index is 8.66. The van der Waals surface area contributed by atoms with Crippen LogP contribution in [0.1, 0.15) is 24.0 Å². The average Bonchev–Trinajstić information content (AvgIpc) is 2.48. The highest BCUT2D eigenvalue weighted by molar-refractivity contribution is 5.67. The summed E-state index contributed by atoms with van der Waals surface area (Å²) in [6, 6.07) is 23.0. The monoisotopic (exact) mass is 247 g/mol. The molecule has 0 N–H and O–H groups in total. The van der Waals surface area contributed by atoms with Crippen molar-refractivity contribution in [2.75, 3.05) is 0 Å².